The molecular formula is C72H104O26. The second kappa shape index (κ2) is 30.4. The SMILES string of the molecule is CCC(C)(C)C(=O)OCC(=O)OC1C(C)C2CC1C1COC(=O)C21.CCC(C)(C)C(=O)OCC(=O)OC1C2CC(C1OC)C1C(=O)OCC21.CCC(C)(C)C(=O)OCC(=O)OC1CC2CC1C1C(=O)OCC21.CCOC1C2CC(C3COC(=O)C32)C1OC(=O)COC(=O)C(C)(C)CC. The number of rotatable bonds is 23. The second-order valence-corrected chi connectivity index (χ2v) is 31.5. The van der Waals surface area contributed by atoms with E-state index in [0.717, 1.165) is 32.1 Å². The van der Waals surface area contributed by atoms with Crippen molar-refractivity contribution in [2.75, 3.05) is 66.6 Å². The third-order valence-corrected chi connectivity index (χ3v) is 24.6. The summed E-state index contributed by atoms with van der Waals surface area (Å²) in [5.74, 6) is -3.05. The highest BCUT2D eigenvalue weighted by molar-refractivity contribution is 5.83. The van der Waals surface area contributed by atoms with Crippen LogP contribution >= 0.6 is 0 Å². The maximum Gasteiger partial charge on any atom is 0.344 e. The monoisotopic (exact) mass is 1380 g/mol. The first kappa shape index (κ1) is 75.8. The van der Waals surface area contributed by atoms with Gasteiger partial charge in [0.2, 0.25) is 0 Å². The molecule has 548 valence electrons. The predicted molar refractivity (Wildman–Crippen MR) is 338 cm³/mol. The summed E-state index contributed by atoms with van der Waals surface area (Å²) in [6.45, 7) is 26.4. The Morgan fingerprint density at radius 1 is 0.367 bits per heavy atom. The van der Waals surface area contributed by atoms with Gasteiger partial charge in [-0.3, -0.25) is 38.4 Å². The van der Waals surface area contributed by atoms with E-state index in [9.17, 15) is 57.5 Å². The Labute approximate surface area is 573 Å². The van der Waals surface area contributed by atoms with E-state index in [4.69, 9.17) is 66.3 Å². The molecule has 23 unspecified atom stereocenters. The average Bonchev–Trinajstić information content (AvgIpc) is 1.56. The van der Waals surface area contributed by atoms with Crippen LogP contribution in [0.5, 0.6) is 0 Å². The van der Waals surface area contributed by atoms with Crippen molar-refractivity contribution in [3.05, 3.63) is 0 Å². The van der Waals surface area contributed by atoms with Crippen molar-refractivity contribution in [3.63, 3.8) is 0 Å². The van der Waals surface area contributed by atoms with Gasteiger partial charge in [0.25, 0.3) is 0 Å². The van der Waals surface area contributed by atoms with Gasteiger partial charge in [-0.15, -0.1) is 0 Å². The van der Waals surface area contributed by atoms with Crippen LogP contribution in [0.4, 0.5) is 0 Å². The summed E-state index contributed by atoms with van der Waals surface area (Å²) >= 11 is 0. The maximum absolute atomic E-state index is 12.2. The maximum atomic E-state index is 12.2. The zero-order valence-electron chi connectivity index (χ0n) is 59.6. The Balaban J connectivity index is 0.000000153. The van der Waals surface area contributed by atoms with E-state index in [2.05, 4.69) is 0 Å². The molecule has 12 aliphatic rings. The first-order chi connectivity index (χ1) is 46.2. The van der Waals surface area contributed by atoms with E-state index in [-0.39, 0.29) is 150 Å². The summed E-state index contributed by atoms with van der Waals surface area (Å²) < 4.78 is 74.7. The molecule has 12 fully saturated rings. The molecule has 0 radical (unpaired) electrons. The Morgan fingerprint density at radius 3 is 1.06 bits per heavy atom. The Kier molecular flexibility index (Phi) is 23.5. The molecule has 4 heterocycles. The molecule has 26 heteroatoms. The van der Waals surface area contributed by atoms with Gasteiger partial charge >= 0.3 is 71.6 Å². The number of esters is 12. The fraction of sp³-hybridized carbons (Fsp3) is 0.833. The average molecular weight is 1390 g/mol. The Bertz CT molecular complexity index is 3020. The minimum atomic E-state index is -0.630. The van der Waals surface area contributed by atoms with E-state index in [1.807, 2.05) is 41.5 Å². The number of carbonyl (C=O) groups is 12. The zero-order valence-corrected chi connectivity index (χ0v) is 59.6. The van der Waals surface area contributed by atoms with Crippen molar-refractivity contribution in [3.8, 4) is 0 Å². The quantitative estimate of drug-likeness (QED) is 0.0757. The first-order valence-electron chi connectivity index (χ1n) is 35.5. The second-order valence-electron chi connectivity index (χ2n) is 31.5. The predicted octanol–water partition coefficient (Wildman–Crippen LogP) is 6.71. The summed E-state index contributed by atoms with van der Waals surface area (Å²) in [5, 5.41) is 0. The molecular weight excluding hydrogens is 1280 g/mol. The third-order valence-electron chi connectivity index (χ3n) is 24.6. The van der Waals surface area contributed by atoms with Gasteiger partial charge in [-0.2, -0.15) is 0 Å². The van der Waals surface area contributed by atoms with Crippen molar-refractivity contribution >= 4 is 71.6 Å². The van der Waals surface area contributed by atoms with Gasteiger partial charge < -0.3 is 66.3 Å². The van der Waals surface area contributed by atoms with E-state index < -0.39 is 94.8 Å². The molecule has 0 amide bonds. The normalized spacial score (nSPS) is 35.8. The van der Waals surface area contributed by atoms with Crippen LogP contribution in [-0.2, 0) is 124 Å². The molecule has 0 N–H and O–H groups in total. The van der Waals surface area contributed by atoms with E-state index in [0.29, 0.717) is 70.6 Å². The largest absolute Gasteiger partial charge is 0.465 e. The van der Waals surface area contributed by atoms with Gasteiger partial charge in [0, 0.05) is 72.9 Å². The molecule has 26 nitrogen and oxygen atoms in total. The van der Waals surface area contributed by atoms with Crippen molar-refractivity contribution in [2.45, 2.75) is 191 Å². The van der Waals surface area contributed by atoms with E-state index >= 15 is 0 Å². The smallest absolute Gasteiger partial charge is 0.344 e. The molecule has 0 aromatic carbocycles. The highest BCUT2D eigenvalue weighted by atomic mass is 16.6. The fourth-order valence-corrected chi connectivity index (χ4v) is 17.4. The Morgan fingerprint density at radius 2 is 0.684 bits per heavy atom. The summed E-state index contributed by atoms with van der Waals surface area (Å²) in [6, 6.07) is 0. The van der Waals surface area contributed by atoms with Crippen LogP contribution < -0.4 is 0 Å². The summed E-state index contributed by atoms with van der Waals surface area (Å²) in [6.07, 6.45) is 4.81. The topological polar surface area (TPSA) is 334 Å². The molecule has 98 heavy (non-hydrogen) atoms. The van der Waals surface area contributed by atoms with Crippen molar-refractivity contribution in [1.82, 2.24) is 0 Å². The number of methoxy groups -OCH3 is 1. The summed E-state index contributed by atoms with van der Waals surface area (Å²) in [7, 11) is 1.56. The van der Waals surface area contributed by atoms with Crippen LogP contribution in [-0.4, -0.2) is 175 Å². The standard InChI is InChI=1S/C19H28O7.C18H26O7.C18H26O6.C17H24O6/c1-5-19(3,4)18(22)25-9-13(20)26-16-10-7-11(15(16)23-6-2)14-12(10)8-24-17(14)21;1-5-18(2,3)17(21)24-8-12(19)25-15-9-6-10(14(15)22-4)13-11(9)7-23-16(13)20;1-5-18(3,4)17(21)23-8-13(19)24-15-9(2)10-6-11(15)12-7-22-16(20)14(10)12;1-4-17(2,3)16(20)22-8-13(18)23-12-6-9-5-10(12)14-11(9)7-21-15(14)19/h10-12,14-16H,5-9H2,1-4H3;9-11,13-15H,5-8H2,1-4H3;9-12,14-15H,5-8H2,1-4H3;9-12,14H,4-8H2,1-3H3. The van der Waals surface area contributed by atoms with Crippen LogP contribution in [0.1, 0.15) is 155 Å². The molecule has 8 saturated carbocycles. The highest BCUT2D eigenvalue weighted by Crippen LogP contribution is 2.61. The number of fused-ring (bicyclic) bond motifs is 20. The van der Waals surface area contributed by atoms with Crippen molar-refractivity contribution in [1.29, 1.82) is 0 Å². The minimum Gasteiger partial charge on any atom is -0.465 e. The number of carbonyl (C=O) groups excluding carboxylic acids is 12. The van der Waals surface area contributed by atoms with E-state index in [1.165, 1.54) is 0 Å². The van der Waals surface area contributed by atoms with Gasteiger partial charge in [0.1, 0.15) is 24.4 Å². The van der Waals surface area contributed by atoms with Crippen molar-refractivity contribution < 1.29 is 124 Å². The lowest BCUT2D eigenvalue weighted by atomic mass is 9.74. The van der Waals surface area contributed by atoms with Gasteiger partial charge in [0.05, 0.1) is 84.0 Å². The molecule has 0 aromatic rings. The van der Waals surface area contributed by atoms with Gasteiger partial charge in [-0.05, 0) is 138 Å². The first-order valence-corrected chi connectivity index (χ1v) is 35.5. The van der Waals surface area contributed by atoms with Crippen LogP contribution in [0.25, 0.3) is 0 Å². The number of hydrogen-bond acceptors (Lipinski definition) is 26. The van der Waals surface area contributed by atoms with Gasteiger partial charge in [-0.1, -0.05) is 34.6 Å². The summed E-state index contributed by atoms with van der Waals surface area (Å²) in [5.41, 5.74) is -2.46. The van der Waals surface area contributed by atoms with Gasteiger partial charge in [0.15, 0.2) is 26.4 Å². The number of hydrogen-bond donors (Lipinski definition) is 0. The Hall–Kier alpha value is -6.44. The molecule has 0 aromatic heterocycles. The lowest BCUT2D eigenvalue weighted by Gasteiger charge is -2.35. The van der Waals surface area contributed by atoms with Crippen LogP contribution in [0, 0.1) is 122 Å². The molecule has 8 bridgehead atoms. The third kappa shape index (κ3) is 15.3. The molecule has 4 saturated heterocycles. The molecule has 12 rings (SSSR count). The number of cyclic esters (lactones) is 4. The fourth-order valence-electron chi connectivity index (χ4n) is 17.4. The minimum absolute atomic E-state index is 0.0226. The molecule has 23 atom stereocenters. The van der Waals surface area contributed by atoms with Crippen LogP contribution in [0.15, 0.2) is 0 Å². The zero-order chi connectivity index (χ0) is 71.8. The number of ether oxygens (including phenoxy) is 14. The van der Waals surface area contributed by atoms with Crippen LogP contribution in [0.3, 0.4) is 0 Å². The van der Waals surface area contributed by atoms with Crippen LogP contribution in [0.2, 0.25) is 0 Å². The van der Waals surface area contributed by atoms with Gasteiger partial charge in [-0.25, -0.2) is 19.2 Å². The van der Waals surface area contributed by atoms with E-state index in [1.54, 1.807) is 62.5 Å². The molecule has 4 aliphatic heterocycles. The highest BCUT2D eigenvalue weighted by Gasteiger charge is 2.68. The lowest BCUT2D eigenvalue weighted by molar-refractivity contribution is -0.177. The molecule has 0 spiro atoms. The molecule has 8 aliphatic carbocycles. The summed E-state index contributed by atoms with van der Waals surface area (Å²) in [4.78, 5) is 144. The lowest BCUT2D eigenvalue weighted by Crippen LogP contribution is -2.46. The van der Waals surface area contributed by atoms with Crippen molar-refractivity contribution in [2.24, 2.45) is 122 Å².